The molecule has 0 aliphatic carbocycles. The van der Waals surface area contributed by atoms with Gasteiger partial charge in [-0.15, -0.1) is 0 Å². The molecule has 2 atom stereocenters. The van der Waals surface area contributed by atoms with E-state index in [0.717, 1.165) is 38.5 Å². The minimum absolute atomic E-state index is 0. The van der Waals surface area contributed by atoms with Crippen molar-refractivity contribution < 1.29 is 36.2 Å². The Hall–Kier alpha value is 0.920. The quantitative estimate of drug-likeness (QED) is 0.0411. The smallest absolute Gasteiger partial charge is 0.748 e. The number of aliphatic hydroxyl groups is 2. The Morgan fingerprint density at radius 1 is 0.489 bits per heavy atom. The van der Waals surface area contributed by atoms with Crippen LogP contribution in [-0.4, -0.2) is 124 Å². The monoisotopic (exact) mass is 712 g/mol. The van der Waals surface area contributed by atoms with Crippen LogP contribution >= 0.6 is 0 Å². The molecule has 0 aromatic rings. The molecule has 0 fully saturated rings. The first-order valence-corrected chi connectivity index (χ1v) is 20.7. The van der Waals surface area contributed by atoms with Gasteiger partial charge in [-0.25, -0.2) is 16.8 Å². The SMILES string of the molecule is CCCCCCCCCCCCC(O)CNCCS(=O)(=O)[O-].CCCCCCCCCCCCC(O)CNCCS(=O)(=O)[O-].[Ca+2]. The summed E-state index contributed by atoms with van der Waals surface area (Å²) in [5.41, 5.74) is 0. The predicted molar refractivity (Wildman–Crippen MR) is 186 cm³/mol. The molecule has 0 aliphatic heterocycles. The maximum atomic E-state index is 10.4. The molecular weight excluding hydrogens is 645 g/mol. The molecule has 4 N–H and O–H groups in total. The summed E-state index contributed by atoms with van der Waals surface area (Å²) in [7, 11) is -8.31. The Bertz CT molecular complexity index is 739. The van der Waals surface area contributed by atoms with Crippen LogP contribution < -0.4 is 10.6 Å². The second-order valence-electron chi connectivity index (χ2n) is 12.2. The van der Waals surface area contributed by atoms with Crippen LogP contribution in [0, 0.1) is 0 Å². The second-order valence-corrected chi connectivity index (χ2v) is 15.2. The first-order valence-electron chi connectivity index (χ1n) is 17.6. The molecule has 0 bridgehead atoms. The number of aliphatic hydroxyl groups excluding tert-OH is 2. The van der Waals surface area contributed by atoms with E-state index in [1.807, 2.05) is 0 Å². The number of unbranched alkanes of at least 4 members (excludes halogenated alkanes) is 18. The van der Waals surface area contributed by atoms with Gasteiger partial charge in [0.1, 0.15) is 0 Å². The molecule has 0 radical (unpaired) electrons. The zero-order chi connectivity index (χ0) is 33.4. The van der Waals surface area contributed by atoms with Gasteiger partial charge in [0.2, 0.25) is 0 Å². The van der Waals surface area contributed by atoms with Crippen molar-refractivity contribution in [3.05, 3.63) is 0 Å². The van der Waals surface area contributed by atoms with Gasteiger partial charge in [0, 0.05) is 26.2 Å². The molecule has 0 heterocycles. The molecular formula is C32H68CaN2O8S2. The fourth-order valence-corrected chi connectivity index (χ4v) is 5.66. The van der Waals surface area contributed by atoms with Crippen LogP contribution in [0.5, 0.6) is 0 Å². The van der Waals surface area contributed by atoms with Crippen LogP contribution in [-0.2, 0) is 20.2 Å². The summed E-state index contributed by atoms with van der Waals surface area (Å²) in [6.07, 6.45) is 25.9. The van der Waals surface area contributed by atoms with E-state index < -0.39 is 43.9 Å². The van der Waals surface area contributed by atoms with E-state index in [0.29, 0.717) is 13.1 Å². The van der Waals surface area contributed by atoms with Crippen LogP contribution in [0.1, 0.15) is 155 Å². The zero-order valence-electron chi connectivity index (χ0n) is 28.8. The van der Waals surface area contributed by atoms with Gasteiger partial charge in [-0.3, -0.25) is 0 Å². The molecule has 10 nitrogen and oxygen atoms in total. The molecule has 0 aromatic carbocycles. The number of rotatable bonds is 32. The topological polar surface area (TPSA) is 179 Å². The number of hydrogen-bond donors (Lipinski definition) is 4. The molecule has 0 amide bonds. The molecule has 268 valence electrons. The third kappa shape index (κ3) is 49.4. The van der Waals surface area contributed by atoms with Crippen LogP contribution in [0.4, 0.5) is 0 Å². The van der Waals surface area contributed by atoms with Crippen molar-refractivity contribution in [1.82, 2.24) is 10.6 Å². The van der Waals surface area contributed by atoms with E-state index in [2.05, 4.69) is 24.5 Å². The summed E-state index contributed by atoms with van der Waals surface area (Å²) in [4.78, 5) is 0. The Morgan fingerprint density at radius 2 is 0.733 bits per heavy atom. The van der Waals surface area contributed by atoms with Crippen LogP contribution in [0.3, 0.4) is 0 Å². The Kier molecular flexibility index (Phi) is 40.5. The summed E-state index contributed by atoms with van der Waals surface area (Å²) in [6.45, 7) is 5.40. The molecule has 45 heavy (non-hydrogen) atoms. The van der Waals surface area contributed by atoms with Gasteiger partial charge in [-0.05, 0) is 12.8 Å². The Morgan fingerprint density at radius 3 is 0.978 bits per heavy atom. The molecule has 0 saturated heterocycles. The average Bonchev–Trinajstić information content (AvgIpc) is 2.95. The van der Waals surface area contributed by atoms with Crippen molar-refractivity contribution in [2.45, 2.75) is 167 Å². The van der Waals surface area contributed by atoms with Gasteiger partial charge in [0.25, 0.3) is 0 Å². The molecule has 0 saturated carbocycles. The normalized spacial score (nSPS) is 13.1. The van der Waals surface area contributed by atoms with Crippen LogP contribution in [0.25, 0.3) is 0 Å². The summed E-state index contributed by atoms with van der Waals surface area (Å²) in [6, 6.07) is 0. The fraction of sp³-hybridized carbons (Fsp3) is 1.00. The summed E-state index contributed by atoms with van der Waals surface area (Å²) in [5, 5.41) is 25.0. The zero-order valence-corrected chi connectivity index (χ0v) is 32.7. The van der Waals surface area contributed by atoms with Crippen LogP contribution in [0.15, 0.2) is 0 Å². The Labute approximate surface area is 307 Å². The summed E-state index contributed by atoms with van der Waals surface area (Å²) >= 11 is 0. The van der Waals surface area contributed by atoms with Crippen molar-refractivity contribution >= 4 is 58.0 Å². The number of nitrogens with one attached hydrogen (secondary N) is 2. The van der Waals surface area contributed by atoms with E-state index in [-0.39, 0.29) is 50.8 Å². The molecule has 0 aromatic heterocycles. The van der Waals surface area contributed by atoms with Crippen LogP contribution in [0.2, 0.25) is 0 Å². The molecule has 0 aliphatic rings. The molecule has 13 heteroatoms. The second kappa shape index (κ2) is 36.2. The van der Waals surface area contributed by atoms with Gasteiger partial charge in [0.15, 0.2) is 0 Å². The van der Waals surface area contributed by atoms with E-state index in [9.17, 15) is 36.2 Å². The minimum atomic E-state index is -4.15. The van der Waals surface area contributed by atoms with E-state index >= 15 is 0 Å². The summed E-state index contributed by atoms with van der Waals surface area (Å²) in [5.74, 6) is -0.837. The number of hydrogen-bond acceptors (Lipinski definition) is 10. The third-order valence-electron chi connectivity index (χ3n) is 7.60. The maximum Gasteiger partial charge on any atom is 2.00 e. The van der Waals surface area contributed by atoms with Crippen molar-refractivity contribution in [2.24, 2.45) is 0 Å². The van der Waals surface area contributed by atoms with Crippen molar-refractivity contribution in [3.63, 3.8) is 0 Å². The maximum absolute atomic E-state index is 10.4. The largest absolute Gasteiger partial charge is 2.00 e. The van der Waals surface area contributed by atoms with Gasteiger partial charge >= 0.3 is 37.7 Å². The van der Waals surface area contributed by atoms with Gasteiger partial charge in [-0.1, -0.05) is 142 Å². The van der Waals surface area contributed by atoms with Crippen molar-refractivity contribution in [1.29, 1.82) is 0 Å². The Balaban J connectivity index is -0.000000767. The predicted octanol–water partition coefficient (Wildman–Crippen LogP) is 5.21. The molecule has 2 unspecified atom stereocenters. The molecule has 0 rings (SSSR count). The van der Waals surface area contributed by atoms with Gasteiger partial charge < -0.3 is 30.0 Å². The summed E-state index contributed by atoms with van der Waals surface area (Å²) < 4.78 is 62.3. The van der Waals surface area contributed by atoms with Crippen molar-refractivity contribution in [2.75, 3.05) is 37.7 Å². The van der Waals surface area contributed by atoms with E-state index in [1.165, 1.54) is 103 Å². The average molecular weight is 713 g/mol. The molecule has 0 spiro atoms. The third-order valence-corrected chi connectivity index (χ3v) is 9.01. The first kappa shape index (κ1) is 50.3. The van der Waals surface area contributed by atoms with Gasteiger partial charge in [-0.2, -0.15) is 0 Å². The minimum Gasteiger partial charge on any atom is -0.748 e. The fourth-order valence-electron chi connectivity index (χ4n) is 4.87. The van der Waals surface area contributed by atoms with E-state index in [1.54, 1.807) is 0 Å². The standard InChI is InChI=1S/2C16H35NO4S.Ca/c2*1-2-3-4-5-6-7-8-9-10-11-12-16(18)15-17-13-14-22(19,20)21;/h2*16-18H,2-15H2,1H3,(H,19,20,21);/q;;+2/p-2. The first-order chi connectivity index (χ1) is 20.9. The van der Waals surface area contributed by atoms with Crippen molar-refractivity contribution in [3.8, 4) is 0 Å². The van der Waals surface area contributed by atoms with Gasteiger partial charge in [0.05, 0.1) is 43.9 Å². The van der Waals surface area contributed by atoms with E-state index in [4.69, 9.17) is 0 Å².